The summed E-state index contributed by atoms with van der Waals surface area (Å²) < 4.78 is 10.8. The second-order valence-corrected chi connectivity index (χ2v) is 6.11. The van der Waals surface area contributed by atoms with Crippen molar-refractivity contribution in [2.75, 3.05) is 11.7 Å². The van der Waals surface area contributed by atoms with Gasteiger partial charge in [-0.25, -0.2) is 14.8 Å². The van der Waals surface area contributed by atoms with Gasteiger partial charge in [-0.1, -0.05) is 0 Å². The number of carboxylic acid groups (broad SMARTS) is 1. The maximum Gasteiger partial charge on any atom is 0.326 e. The van der Waals surface area contributed by atoms with Gasteiger partial charge in [0.15, 0.2) is 11.5 Å². The summed E-state index contributed by atoms with van der Waals surface area (Å²) in [5.74, 6) is 0.932. The average Bonchev–Trinajstić information content (AvgIpc) is 2.97. The molecule has 1 aromatic carbocycles. The molecule has 0 saturated heterocycles. The monoisotopic (exact) mass is 327 g/mol. The van der Waals surface area contributed by atoms with E-state index in [9.17, 15) is 9.90 Å². The van der Waals surface area contributed by atoms with E-state index in [1.807, 2.05) is 32.0 Å². The van der Waals surface area contributed by atoms with Gasteiger partial charge in [0.25, 0.3) is 0 Å². The highest BCUT2D eigenvalue weighted by atomic mass is 16.7. The van der Waals surface area contributed by atoms with E-state index in [-0.39, 0.29) is 6.79 Å². The molecule has 0 bridgehead atoms. The van der Waals surface area contributed by atoms with Crippen molar-refractivity contribution in [3.63, 3.8) is 0 Å². The number of fused-ring (bicyclic) bond motifs is 2. The Bertz CT molecular complexity index is 817. The van der Waals surface area contributed by atoms with Crippen LogP contribution in [-0.4, -0.2) is 33.9 Å². The summed E-state index contributed by atoms with van der Waals surface area (Å²) in [6.07, 6.45) is 0.373. The number of aryl methyl sites for hydroxylation is 2. The Morgan fingerprint density at radius 1 is 1.12 bits per heavy atom. The molecule has 0 fully saturated rings. The fourth-order valence-electron chi connectivity index (χ4n) is 3.24. The predicted molar refractivity (Wildman–Crippen MR) is 85.4 cm³/mol. The van der Waals surface area contributed by atoms with Gasteiger partial charge in [0.2, 0.25) is 12.7 Å². The van der Waals surface area contributed by atoms with Crippen molar-refractivity contribution in [3.8, 4) is 11.5 Å². The Labute approximate surface area is 138 Å². The van der Waals surface area contributed by atoms with Gasteiger partial charge in [-0.2, -0.15) is 0 Å². The predicted octanol–water partition coefficient (Wildman–Crippen LogP) is 1.84. The first-order valence-electron chi connectivity index (χ1n) is 7.74. The Balaban J connectivity index is 1.77. The van der Waals surface area contributed by atoms with Crippen molar-refractivity contribution < 1.29 is 19.4 Å². The van der Waals surface area contributed by atoms with Crippen molar-refractivity contribution in [1.82, 2.24) is 9.97 Å². The molecule has 0 saturated carbocycles. The van der Waals surface area contributed by atoms with Crippen molar-refractivity contribution >= 4 is 11.9 Å². The number of hydrogen-bond donors (Lipinski definition) is 1. The minimum Gasteiger partial charge on any atom is -0.480 e. The van der Waals surface area contributed by atoms with E-state index < -0.39 is 12.0 Å². The zero-order valence-corrected chi connectivity index (χ0v) is 13.4. The molecule has 2 aliphatic rings. The van der Waals surface area contributed by atoms with Crippen LogP contribution in [0.4, 0.5) is 5.95 Å². The molecule has 3 heterocycles. The standard InChI is InChI=1S/C17H17N3O4/c1-9-3-10(2)19-17(18-9)20-7-12-6-15-14(23-8-24-15)5-11(12)4-13(20)16(21)22/h3,5-6,13H,4,7-8H2,1-2H3,(H,21,22). The minimum atomic E-state index is -0.888. The third kappa shape index (κ3) is 2.42. The molecule has 24 heavy (non-hydrogen) atoms. The molecule has 2 aliphatic heterocycles. The van der Waals surface area contributed by atoms with Crippen LogP contribution in [0.1, 0.15) is 22.5 Å². The summed E-state index contributed by atoms with van der Waals surface area (Å²) in [6, 6.07) is 4.97. The van der Waals surface area contributed by atoms with Gasteiger partial charge < -0.3 is 19.5 Å². The van der Waals surface area contributed by atoms with Gasteiger partial charge in [0.1, 0.15) is 6.04 Å². The number of benzene rings is 1. The summed E-state index contributed by atoms with van der Waals surface area (Å²) in [4.78, 5) is 22.4. The lowest BCUT2D eigenvalue weighted by Crippen LogP contribution is -2.46. The fourth-order valence-corrected chi connectivity index (χ4v) is 3.24. The number of ether oxygens (including phenoxy) is 2. The largest absolute Gasteiger partial charge is 0.480 e. The highest BCUT2D eigenvalue weighted by molar-refractivity contribution is 5.79. The number of aromatic nitrogens is 2. The molecule has 1 atom stereocenters. The normalized spacial score (nSPS) is 18.4. The Kier molecular flexibility index (Phi) is 3.30. The first-order chi connectivity index (χ1) is 11.5. The lowest BCUT2D eigenvalue weighted by atomic mass is 9.93. The molecule has 0 radical (unpaired) electrons. The molecule has 0 amide bonds. The molecule has 0 spiro atoms. The molecule has 124 valence electrons. The maximum absolute atomic E-state index is 11.8. The number of rotatable bonds is 2. The molecule has 1 unspecified atom stereocenters. The lowest BCUT2D eigenvalue weighted by Gasteiger charge is -2.34. The van der Waals surface area contributed by atoms with Crippen molar-refractivity contribution in [2.24, 2.45) is 0 Å². The van der Waals surface area contributed by atoms with Gasteiger partial charge in [-0.05, 0) is 43.2 Å². The molecule has 1 N–H and O–H groups in total. The van der Waals surface area contributed by atoms with Crippen molar-refractivity contribution in [3.05, 3.63) is 40.7 Å². The third-order valence-corrected chi connectivity index (χ3v) is 4.34. The zero-order chi connectivity index (χ0) is 16.8. The summed E-state index contributed by atoms with van der Waals surface area (Å²) >= 11 is 0. The Morgan fingerprint density at radius 3 is 2.38 bits per heavy atom. The topological polar surface area (TPSA) is 84.8 Å². The third-order valence-electron chi connectivity index (χ3n) is 4.34. The van der Waals surface area contributed by atoms with E-state index >= 15 is 0 Å². The first kappa shape index (κ1) is 14.7. The van der Waals surface area contributed by atoms with E-state index in [0.29, 0.717) is 30.4 Å². The molecular formula is C17H17N3O4. The van der Waals surface area contributed by atoms with Gasteiger partial charge >= 0.3 is 5.97 Å². The smallest absolute Gasteiger partial charge is 0.326 e. The van der Waals surface area contributed by atoms with Crippen LogP contribution in [0.15, 0.2) is 18.2 Å². The van der Waals surface area contributed by atoms with E-state index in [1.165, 1.54) is 0 Å². The van der Waals surface area contributed by atoms with E-state index in [2.05, 4.69) is 9.97 Å². The number of anilines is 1. The second-order valence-electron chi connectivity index (χ2n) is 6.11. The van der Waals surface area contributed by atoms with Crippen LogP contribution in [-0.2, 0) is 17.8 Å². The molecule has 7 nitrogen and oxygen atoms in total. The Morgan fingerprint density at radius 2 is 1.75 bits per heavy atom. The number of nitrogens with zero attached hydrogens (tertiary/aromatic N) is 3. The first-order valence-corrected chi connectivity index (χ1v) is 7.74. The fraction of sp³-hybridized carbons (Fsp3) is 0.353. The summed E-state index contributed by atoms with van der Waals surface area (Å²) in [7, 11) is 0. The molecule has 0 aliphatic carbocycles. The molecule has 7 heteroatoms. The number of carboxylic acids is 1. The van der Waals surface area contributed by atoms with Crippen LogP contribution in [0.25, 0.3) is 0 Å². The van der Waals surface area contributed by atoms with Crippen LogP contribution >= 0.6 is 0 Å². The molecular weight excluding hydrogens is 310 g/mol. The van der Waals surface area contributed by atoms with Crippen LogP contribution in [0.2, 0.25) is 0 Å². The van der Waals surface area contributed by atoms with Gasteiger partial charge in [0, 0.05) is 24.4 Å². The maximum atomic E-state index is 11.8. The minimum absolute atomic E-state index is 0.199. The number of aliphatic carboxylic acids is 1. The quantitative estimate of drug-likeness (QED) is 0.901. The van der Waals surface area contributed by atoms with Crippen LogP contribution < -0.4 is 14.4 Å². The SMILES string of the molecule is Cc1cc(C)nc(N2Cc3cc4c(cc3CC2C(=O)O)OCO4)n1. The van der Waals surface area contributed by atoms with Crippen LogP contribution in [0.5, 0.6) is 11.5 Å². The average molecular weight is 327 g/mol. The summed E-state index contributed by atoms with van der Waals surface area (Å²) in [5.41, 5.74) is 3.61. The number of carbonyl (C=O) groups is 1. The lowest BCUT2D eigenvalue weighted by molar-refractivity contribution is -0.138. The van der Waals surface area contributed by atoms with Gasteiger partial charge in [-0.3, -0.25) is 0 Å². The van der Waals surface area contributed by atoms with E-state index in [1.54, 1.807) is 4.90 Å². The highest BCUT2D eigenvalue weighted by Crippen LogP contribution is 2.38. The van der Waals surface area contributed by atoms with Crippen molar-refractivity contribution in [1.29, 1.82) is 0 Å². The summed E-state index contributed by atoms with van der Waals surface area (Å²) in [5, 5.41) is 9.67. The molecule has 4 rings (SSSR count). The highest BCUT2D eigenvalue weighted by Gasteiger charge is 2.34. The summed E-state index contributed by atoms with van der Waals surface area (Å²) in [6.45, 7) is 4.38. The van der Waals surface area contributed by atoms with Gasteiger partial charge in [0.05, 0.1) is 0 Å². The van der Waals surface area contributed by atoms with Crippen molar-refractivity contribution in [2.45, 2.75) is 32.9 Å². The van der Waals surface area contributed by atoms with Gasteiger partial charge in [-0.15, -0.1) is 0 Å². The molecule has 2 aromatic rings. The molecule has 1 aromatic heterocycles. The van der Waals surface area contributed by atoms with Crippen LogP contribution in [0, 0.1) is 13.8 Å². The van der Waals surface area contributed by atoms with Crippen LogP contribution in [0.3, 0.4) is 0 Å². The number of hydrogen-bond acceptors (Lipinski definition) is 6. The second kappa shape index (κ2) is 5.36. The van der Waals surface area contributed by atoms with E-state index in [0.717, 1.165) is 22.5 Å². The zero-order valence-electron chi connectivity index (χ0n) is 13.4. The Hall–Kier alpha value is -2.83. The van der Waals surface area contributed by atoms with E-state index in [4.69, 9.17) is 9.47 Å².